The van der Waals surface area contributed by atoms with Crippen LogP contribution in [0.1, 0.15) is 54.4 Å². The van der Waals surface area contributed by atoms with Gasteiger partial charge in [-0.15, -0.1) is 0 Å². The van der Waals surface area contributed by atoms with Crippen molar-refractivity contribution in [3.63, 3.8) is 0 Å². The van der Waals surface area contributed by atoms with Crippen molar-refractivity contribution in [1.29, 1.82) is 0 Å². The van der Waals surface area contributed by atoms with Crippen LogP contribution >= 0.6 is 0 Å². The lowest BCUT2D eigenvalue weighted by Crippen LogP contribution is -2.42. The van der Waals surface area contributed by atoms with Gasteiger partial charge in [-0.3, -0.25) is 4.79 Å². The smallest absolute Gasteiger partial charge is 0.251 e. The summed E-state index contributed by atoms with van der Waals surface area (Å²) < 4.78 is 0. The molecule has 3 rings (SSSR count). The first kappa shape index (κ1) is 14.4. The molecule has 4 heteroatoms. The molecule has 114 valence electrons. The minimum atomic E-state index is -0.721. The molecule has 0 radical (unpaired) electrons. The number of carbonyl (C=O) groups excluding carboxylic acids is 1. The lowest BCUT2D eigenvalue weighted by molar-refractivity contribution is 0.0246. The van der Waals surface area contributed by atoms with Crippen LogP contribution < -0.4 is 10.6 Å². The summed E-state index contributed by atoms with van der Waals surface area (Å²) in [7, 11) is 0. The number of hydrogen-bond acceptors (Lipinski definition) is 3. The fourth-order valence-electron chi connectivity index (χ4n) is 3.34. The summed E-state index contributed by atoms with van der Waals surface area (Å²) in [5.74, 6) is -0.0934. The number of aliphatic hydroxyl groups is 1. The predicted molar refractivity (Wildman–Crippen MR) is 83.6 cm³/mol. The maximum Gasteiger partial charge on any atom is 0.251 e. The molecule has 0 aromatic heterocycles. The summed E-state index contributed by atoms with van der Waals surface area (Å²) >= 11 is 0. The molecule has 1 aromatic rings. The van der Waals surface area contributed by atoms with Crippen LogP contribution in [0.5, 0.6) is 0 Å². The number of carbonyl (C=O) groups is 1. The van der Waals surface area contributed by atoms with Gasteiger partial charge in [-0.25, -0.2) is 0 Å². The fraction of sp³-hybridized carbons (Fsp3) is 0.588. The van der Waals surface area contributed by atoms with Crippen molar-refractivity contribution in [1.82, 2.24) is 5.32 Å². The van der Waals surface area contributed by atoms with Gasteiger partial charge in [0.2, 0.25) is 0 Å². The van der Waals surface area contributed by atoms with Crippen molar-refractivity contribution in [3.05, 3.63) is 29.3 Å². The molecule has 2 aliphatic rings. The molecular weight excluding hydrogens is 264 g/mol. The van der Waals surface area contributed by atoms with Gasteiger partial charge in [0.1, 0.15) is 0 Å². The molecule has 1 saturated carbocycles. The third-order valence-corrected chi connectivity index (χ3v) is 4.69. The van der Waals surface area contributed by atoms with E-state index in [9.17, 15) is 9.90 Å². The second kappa shape index (κ2) is 6.06. The first-order valence-electron chi connectivity index (χ1n) is 8.04. The van der Waals surface area contributed by atoms with Crippen LogP contribution in [0.25, 0.3) is 0 Å². The minimum absolute atomic E-state index is 0.0934. The first-order chi connectivity index (χ1) is 10.2. The van der Waals surface area contributed by atoms with Crippen molar-refractivity contribution < 1.29 is 9.90 Å². The Hall–Kier alpha value is -1.55. The summed E-state index contributed by atoms with van der Waals surface area (Å²) in [6, 6.07) is 5.80. The second-order valence-electron chi connectivity index (χ2n) is 6.37. The van der Waals surface area contributed by atoms with Crippen molar-refractivity contribution in [2.45, 2.75) is 50.5 Å². The van der Waals surface area contributed by atoms with E-state index >= 15 is 0 Å². The summed E-state index contributed by atoms with van der Waals surface area (Å²) in [4.78, 5) is 12.3. The number of hydrogen-bond donors (Lipinski definition) is 3. The number of anilines is 1. The Morgan fingerprint density at radius 2 is 2.00 bits per heavy atom. The van der Waals surface area contributed by atoms with Crippen LogP contribution in [0, 0.1) is 0 Å². The van der Waals surface area contributed by atoms with Gasteiger partial charge < -0.3 is 15.7 Å². The van der Waals surface area contributed by atoms with Crippen molar-refractivity contribution in [2.24, 2.45) is 0 Å². The molecule has 0 spiro atoms. The van der Waals surface area contributed by atoms with Gasteiger partial charge in [0.15, 0.2) is 0 Å². The minimum Gasteiger partial charge on any atom is -0.388 e. The molecule has 21 heavy (non-hydrogen) atoms. The third kappa shape index (κ3) is 3.38. The van der Waals surface area contributed by atoms with Crippen molar-refractivity contribution >= 4 is 11.6 Å². The molecule has 1 aromatic carbocycles. The molecule has 1 heterocycles. The Morgan fingerprint density at radius 3 is 2.76 bits per heavy atom. The van der Waals surface area contributed by atoms with Crippen molar-refractivity contribution in [3.8, 4) is 0 Å². The molecule has 1 fully saturated rings. The van der Waals surface area contributed by atoms with E-state index in [1.807, 2.05) is 18.2 Å². The van der Waals surface area contributed by atoms with E-state index in [1.54, 1.807) is 0 Å². The highest BCUT2D eigenvalue weighted by molar-refractivity contribution is 5.95. The Morgan fingerprint density at radius 1 is 1.24 bits per heavy atom. The van der Waals surface area contributed by atoms with Gasteiger partial charge in [-0.2, -0.15) is 0 Å². The lowest BCUT2D eigenvalue weighted by atomic mass is 9.94. The standard InChI is InChI=1S/C17H24N2O2/c20-16(14-6-5-13-7-10-18-15(13)11-14)19-12-17(21)8-3-1-2-4-9-17/h5-6,11,18,21H,1-4,7-10,12H2,(H,19,20). The molecule has 0 saturated heterocycles. The summed E-state index contributed by atoms with van der Waals surface area (Å²) in [5.41, 5.74) is 2.28. The molecule has 1 amide bonds. The normalized spacial score (nSPS) is 20.2. The number of nitrogens with one attached hydrogen (secondary N) is 2. The highest BCUT2D eigenvalue weighted by atomic mass is 16.3. The van der Waals surface area contributed by atoms with E-state index < -0.39 is 5.60 Å². The van der Waals surface area contributed by atoms with E-state index in [1.165, 1.54) is 18.4 Å². The number of benzene rings is 1. The molecule has 3 N–H and O–H groups in total. The van der Waals surface area contributed by atoms with E-state index in [0.29, 0.717) is 12.1 Å². The van der Waals surface area contributed by atoms with E-state index in [0.717, 1.165) is 44.3 Å². The quantitative estimate of drug-likeness (QED) is 0.749. The second-order valence-corrected chi connectivity index (χ2v) is 6.37. The monoisotopic (exact) mass is 288 g/mol. The molecule has 4 nitrogen and oxygen atoms in total. The van der Waals surface area contributed by atoms with Gasteiger partial charge in [-0.05, 0) is 37.0 Å². The first-order valence-corrected chi connectivity index (χ1v) is 8.04. The maximum atomic E-state index is 12.3. The summed E-state index contributed by atoms with van der Waals surface area (Å²) in [6.45, 7) is 1.30. The predicted octanol–water partition coefficient (Wildman–Crippen LogP) is 2.47. The summed E-state index contributed by atoms with van der Waals surface area (Å²) in [5, 5.41) is 16.8. The summed E-state index contributed by atoms with van der Waals surface area (Å²) in [6.07, 6.45) is 7.08. The van der Waals surface area contributed by atoms with Crippen LogP contribution in [0.3, 0.4) is 0 Å². The number of fused-ring (bicyclic) bond motifs is 1. The van der Waals surface area contributed by atoms with Gasteiger partial charge in [0.05, 0.1) is 5.60 Å². The van der Waals surface area contributed by atoms with E-state index in [4.69, 9.17) is 0 Å². The zero-order valence-electron chi connectivity index (χ0n) is 12.5. The average Bonchev–Trinajstić information content (AvgIpc) is 2.85. The van der Waals surface area contributed by atoms with E-state index in [2.05, 4.69) is 10.6 Å². The van der Waals surface area contributed by atoms with Crippen molar-refractivity contribution in [2.75, 3.05) is 18.4 Å². The molecule has 1 aliphatic carbocycles. The average molecular weight is 288 g/mol. The Kier molecular flexibility index (Phi) is 4.15. The van der Waals surface area contributed by atoms with Crippen LogP contribution in [-0.2, 0) is 6.42 Å². The highest BCUT2D eigenvalue weighted by Gasteiger charge is 2.28. The third-order valence-electron chi connectivity index (χ3n) is 4.69. The van der Waals surface area contributed by atoms with Crippen LogP contribution in [0.15, 0.2) is 18.2 Å². The maximum absolute atomic E-state index is 12.3. The van der Waals surface area contributed by atoms with Crippen LogP contribution in [0.4, 0.5) is 5.69 Å². The lowest BCUT2D eigenvalue weighted by Gasteiger charge is -2.26. The SMILES string of the molecule is O=C(NCC1(O)CCCCCC1)c1ccc2c(c1)NCC2. The zero-order valence-corrected chi connectivity index (χ0v) is 12.5. The molecule has 0 unspecified atom stereocenters. The fourth-order valence-corrected chi connectivity index (χ4v) is 3.34. The van der Waals surface area contributed by atoms with E-state index in [-0.39, 0.29) is 5.91 Å². The highest BCUT2D eigenvalue weighted by Crippen LogP contribution is 2.27. The van der Waals surface area contributed by atoms with Gasteiger partial charge in [0, 0.05) is 24.3 Å². The zero-order chi connectivity index (χ0) is 14.7. The number of amides is 1. The molecular formula is C17H24N2O2. The Labute approximate surface area is 125 Å². The Balaban J connectivity index is 1.61. The van der Waals surface area contributed by atoms with Gasteiger partial charge in [-0.1, -0.05) is 31.7 Å². The molecule has 1 aliphatic heterocycles. The number of rotatable bonds is 3. The van der Waals surface area contributed by atoms with Gasteiger partial charge in [0.25, 0.3) is 5.91 Å². The topological polar surface area (TPSA) is 61.4 Å². The van der Waals surface area contributed by atoms with Gasteiger partial charge >= 0.3 is 0 Å². The molecule has 0 bridgehead atoms. The Bertz CT molecular complexity index is 520. The molecule has 0 atom stereocenters. The largest absolute Gasteiger partial charge is 0.388 e. The van der Waals surface area contributed by atoms with Crippen LogP contribution in [-0.4, -0.2) is 29.7 Å². The van der Waals surface area contributed by atoms with Crippen LogP contribution in [0.2, 0.25) is 0 Å².